The fourth-order valence-corrected chi connectivity index (χ4v) is 2.90. The summed E-state index contributed by atoms with van der Waals surface area (Å²) >= 11 is 5.94. The average Bonchev–Trinajstić information content (AvgIpc) is 2.57. The predicted molar refractivity (Wildman–Crippen MR) is 98.3 cm³/mol. The number of nitrogens with one attached hydrogen (secondary N) is 1. The van der Waals surface area contributed by atoms with Gasteiger partial charge in [0.15, 0.2) is 0 Å². The number of quaternary nitrogens is 1. The summed E-state index contributed by atoms with van der Waals surface area (Å²) in [7, 11) is 0. The fraction of sp³-hybridized carbons (Fsp3) is 0.579. The van der Waals surface area contributed by atoms with E-state index in [1.54, 1.807) is 23.5 Å². The first kappa shape index (κ1) is 21.5. The summed E-state index contributed by atoms with van der Waals surface area (Å²) in [5.41, 5.74) is 1.47. The summed E-state index contributed by atoms with van der Waals surface area (Å²) in [6.07, 6.45) is 4.22. The van der Waals surface area contributed by atoms with E-state index in [2.05, 4.69) is 19.2 Å². The Kier molecular flexibility index (Phi) is 9.53. The Balaban J connectivity index is 2.60. The van der Waals surface area contributed by atoms with E-state index in [9.17, 15) is 14.7 Å². The third-order valence-electron chi connectivity index (χ3n) is 4.48. The number of halogens is 1. The maximum absolute atomic E-state index is 12.2. The number of benzene rings is 1. The average molecular weight is 369 g/mol. The van der Waals surface area contributed by atoms with E-state index >= 15 is 0 Å². The lowest BCUT2D eigenvalue weighted by molar-refractivity contribution is -0.687. The van der Waals surface area contributed by atoms with Crippen molar-refractivity contribution in [2.75, 3.05) is 11.9 Å². The van der Waals surface area contributed by atoms with E-state index in [1.807, 2.05) is 6.92 Å². The topological polar surface area (TPSA) is 85.8 Å². The molecule has 6 heteroatoms. The first-order valence-corrected chi connectivity index (χ1v) is 9.35. The molecule has 2 atom stereocenters. The molecule has 0 bridgehead atoms. The van der Waals surface area contributed by atoms with E-state index in [4.69, 9.17) is 11.6 Å². The summed E-state index contributed by atoms with van der Waals surface area (Å²) in [4.78, 5) is 23.6. The van der Waals surface area contributed by atoms with Gasteiger partial charge in [0.2, 0.25) is 5.91 Å². The van der Waals surface area contributed by atoms with Crippen LogP contribution < -0.4 is 15.7 Å². The van der Waals surface area contributed by atoms with Crippen molar-refractivity contribution in [1.29, 1.82) is 0 Å². The number of hydrogen-bond acceptors (Lipinski definition) is 3. The molecule has 0 saturated carbocycles. The van der Waals surface area contributed by atoms with Crippen molar-refractivity contribution in [2.24, 2.45) is 5.92 Å². The van der Waals surface area contributed by atoms with Crippen LogP contribution in [0.2, 0.25) is 5.02 Å². The van der Waals surface area contributed by atoms with Crippen LogP contribution >= 0.6 is 11.6 Å². The van der Waals surface area contributed by atoms with E-state index < -0.39 is 12.0 Å². The van der Waals surface area contributed by atoms with Gasteiger partial charge >= 0.3 is 0 Å². The molecule has 1 rings (SSSR count). The summed E-state index contributed by atoms with van der Waals surface area (Å²) in [5, 5.41) is 16.4. The lowest BCUT2D eigenvalue weighted by Crippen LogP contribution is -2.94. The van der Waals surface area contributed by atoms with E-state index in [1.165, 1.54) is 0 Å². The maximum atomic E-state index is 12.2. The second-order valence-corrected chi connectivity index (χ2v) is 6.96. The number of aryl methyl sites for hydroxylation is 1. The van der Waals surface area contributed by atoms with Gasteiger partial charge in [0.25, 0.3) is 0 Å². The predicted octanol–water partition coefficient (Wildman–Crippen LogP) is 1.88. The quantitative estimate of drug-likeness (QED) is 0.625. The zero-order valence-corrected chi connectivity index (χ0v) is 16.1. The molecule has 0 aliphatic rings. The molecular formula is C19H29ClN2O3. The molecular weight excluding hydrogens is 340 g/mol. The largest absolute Gasteiger partial charge is 0.544 e. The van der Waals surface area contributed by atoms with Gasteiger partial charge in [0, 0.05) is 16.6 Å². The Bertz CT molecular complexity index is 578. The minimum atomic E-state index is -1.21. The Morgan fingerprint density at radius 1 is 1.32 bits per heavy atom. The highest BCUT2D eigenvalue weighted by molar-refractivity contribution is 6.31. The van der Waals surface area contributed by atoms with Crippen molar-refractivity contribution in [3.8, 4) is 0 Å². The number of hydrogen-bond donors (Lipinski definition) is 2. The minimum Gasteiger partial charge on any atom is -0.544 e. The Morgan fingerprint density at radius 3 is 2.64 bits per heavy atom. The molecule has 3 N–H and O–H groups in total. The van der Waals surface area contributed by atoms with Gasteiger partial charge in [-0.15, -0.1) is 0 Å². The van der Waals surface area contributed by atoms with Crippen molar-refractivity contribution in [3.05, 3.63) is 28.8 Å². The number of rotatable bonds is 11. The number of carboxylic acid groups (broad SMARTS) is 1. The van der Waals surface area contributed by atoms with Crippen LogP contribution in [-0.4, -0.2) is 24.5 Å². The van der Waals surface area contributed by atoms with Gasteiger partial charge in [-0.25, -0.2) is 0 Å². The van der Waals surface area contributed by atoms with Gasteiger partial charge in [-0.2, -0.15) is 0 Å². The summed E-state index contributed by atoms with van der Waals surface area (Å²) in [6.45, 7) is 6.80. The van der Waals surface area contributed by atoms with Crippen molar-refractivity contribution < 1.29 is 20.0 Å². The second-order valence-electron chi connectivity index (χ2n) is 6.52. The SMILES string of the molecule is CCCC[C@@H](CC)C[NH2+][C@@H](CC(=O)Nc1cc(Cl)ccc1C)C(=O)[O-]. The van der Waals surface area contributed by atoms with Gasteiger partial charge in [0.05, 0.1) is 18.9 Å². The molecule has 0 radical (unpaired) electrons. The Morgan fingerprint density at radius 2 is 2.04 bits per heavy atom. The molecule has 0 unspecified atom stereocenters. The van der Waals surface area contributed by atoms with E-state index in [0.717, 1.165) is 31.2 Å². The summed E-state index contributed by atoms with van der Waals surface area (Å²) in [5.74, 6) is -1.10. The molecule has 0 spiro atoms. The van der Waals surface area contributed by atoms with Gasteiger partial charge < -0.3 is 20.5 Å². The molecule has 25 heavy (non-hydrogen) atoms. The van der Waals surface area contributed by atoms with Gasteiger partial charge in [0.1, 0.15) is 6.04 Å². The number of aliphatic carboxylic acids is 1. The molecule has 0 aliphatic carbocycles. The zero-order chi connectivity index (χ0) is 18.8. The summed E-state index contributed by atoms with van der Waals surface area (Å²) < 4.78 is 0. The van der Waals surface area contributed by atoms with Crippen LogP contribution in [0.1, 0.15) is 51.5 Å². The van der Waals surface area contributed by atoms with Crippen molar-refractivity contribution >= 4 is 29.2 Å². The standard InChI is InChI=1S/C19H29ClN2O3/c1-4-6-7-14(5-2)12-21-17(19(24)25)11-18(23)22-16-10-15(20)9-8-13(16)3/h8-10,14,17,21H,4-7,11-12H2,1-3H3,(H,22,23)(H,24,25)/t14-,17+/m1/s1. The molecule has 0 aromatic heterocycles. The zero-order valence-electron chi connectivity index (χ0n) is 15.3. The van der Waals surface area contributed by atoms with Crippen LogP contribution in [0.3, 0.4) is 0 Å². The third-order valence-corrected chi connectivity index (χ3v) is 4.71. The molecule has 140 valence electrons. The van der Waals surface area contributed by atoms with Crippen LogP contribution in [0, 0.1) is 12.8 Å². The molecule has 0 aliphatic heterocycles. The van der Waals surface area contributed by atoms with Crippen LogP contribution in [0.15, 0.2) is 18.2 Å². The number of anilines is 1. The fourth-order valence-electron chi connectivity index (χ4n) is 2.73. The lowest BCUT2D eigenvalue weighted by atomic mass is 9.99. The highest BCUT2D eigenvalue weighted by atomic mass is 35.5. The summed E-state index contributed by atoms with van der Waals surface area (Å²) in [6, 6.07) is 4.32. The van der Waals surface area contributed by atoms with Gasteiger partial charge in [-0.05, 0) is 37.5 Å². The smallest absolute Gasteiger partial charge is 0.230 e. The molecule has 1 amide bonds. The van der Waals surface area contributed by atoms with Crippen LogP contribution in [0.5, 0.6) is 0 Å². The Hall–Kier alpha value is -1.59. The first-order chi connectivity index (χ1) is 11.9. The minimum absolute atomic E-state index is 0.126. The Labute approximate surface area is 155 Å². The maximum Gasteiger partial charge on any atom is 0.230 e. The molecule has 1 aromatic carbocycles. The number of carboxylic acids is 1. The molecule has 0 heterocycles. The number of carbonyl (C=O) groups excluding carboxylic acids is 2. The lowest BCUT2D eigenvalue weighted by Gasteiger charge is -2.20. The third kappa shape index (κ3) is 7.88. The molecule has 1 aromatic rings. The van der Waals surface area contributed by atoms with Crippen LogP contribution in [0.25, 0.3) is 0 Å². The normalized spacial score (nSPS) is 13.3. The van der Waals surface area contributed by atoms with Crippen molar-refractivity contribution in [3.63, 3.8) is 0 Å². The number of amides is 1. The van der Waals surface area contributed by atoms with Gasteiger partial charge in [-0.1, -0.05) is 44.4 Å². The highest BCUT2D eigenvalue weighted by Crippen LogP contribution is 2.20. The van der Waals surface area contributed by atoms with Crippen molar-refractivity contribution in [2.45, 2.75) is 58.9 Å². The first-order valence-electron chi connectivity index (χ1n) is 8.97. The van der Waals surface area contributed by atoms with Crippen LogP contribution in [-0.2, 0) is 9.59 Å². The van der Waals surface area contributed by atoms with E-state index in [-0.39, 0.29) is 12.3 Å². The molecule has 0 fully saturated rings. The second kappa shape index (κ2) is 11.1. The number of unbranched alkanes of at least 4 members (excludes halogenated alkanes) is 1. The van der Waals surface area contributed by atoms with Crippen LogP contribution in [0.4, 0.5) is 5.69 Å². The van der Waals surface area contributed by atoms with Gasteiger partial charge in [-0.3, -0.25) is 4.79 Å². The molecule has 5 nitrogen and oxygen atoms in total. The number of nitrogens with two attached hydrogens (primary N) is 1. The monoisotopic (exact) mass is 368 g/mol. The van der Waals surface area contributed by atoms with Crippen molar-refractivity contribution in [1.82, 2.24) is 0 Å². The number of carbonyl (C=O) groups is 2. The van der Waals surface area contributed by atoms with E-state index in [0.29, 0.717) is 23.2 Å². The molecule has 0 saturated heterocycles. The highest BCUT2D eigenvalue weighted by Gasteiger charge is 2.20.